The number of carbonyl (C=O) groups is 1. The van der Waals surface area contributed by atoms with Gasteiger partial charge < -0.3 is 9.80 Å². The second kappa shape index (κ2) is 8.04. The van der Waals surface area contributed by atoms with Crippen LogP contribution in [0.5, 0.6) is 0 Å². The lowest BCUT2D eigenvalue weighted by atomic mass is 9.89. The number of rotatable bonds is 6. The Morgan fingerprint density at radius 3 is 2.55 bits per heavy atom. The Bertz CT molecular complexity index is 958. The molecule has 0 bridgehead atoms. The van der Waals surface area contributed by atoms with E-state index < -0.39 is 10.0 Å². The van der Waals surface area contributed by atoms with Crippen LogP contribution in [0.3, 0.4) is 0 Å². The van der Waals surface area contributed by atoms with Gasteiger partial charge in [-0.25, -0.2) is 8.42 Å². The van der Waals surface area contributed by atoms with E-state index in [9.17, 15) is 13.2 Å². The predicted molar refractivity (Wildman–Crippen MR) is 113 cm³/mol. The maximum atomic E-state index is 12.8. The van der Waals surface area contributed by atoms with Crippen LogP contribution in [0.15, 0.2) is 60.7 Å². The summed E-state index contributed by atoms with van der Waals surface area (Å²) in [7, 11) is -3.31. The summed E-state index contributed by atoms with van der Waals surface area (Å²) in [4.78, 5) is 19.7. The van der Waals surface area contributed by atoms with E-state index in [0.29, 0.717) is 11.3 Å². The van der Waals surface area contributed by atoms with Gasteiger partial charge in [0.15, 0.2) is 5.78 Å². The molecule has 0 radical (unpaired) electrons. The van der Waals surface area contributed by atoms with Crippen molar-refractivity contribution in [3.63, 3.8) is 0 Å². The molecule has 3 aliphatic heterocycles. The van der Waals surface area contributed by atoms with Crippen LogP contribution in [0, 0.1) is 5.92 Å². The highest BCUT2D eigenvalue weighted by molar-refractivity contribution is 7.92. The van der Waals surface area contributed by atoms with Crippen molar-refractivity contribution in [2.75, 3.05) is 37.3 Å². The molecule has 154 valence electrons. The number of Topliss-reactive ketones (excluding diaryl/α,β-unsaturated/α-hetero) is 1. The number of piperidine rings is 1. The Balaban J connectivity index is 1.30. The number of anilines is 1. The minimum atomic E-state index is -3.31. The molecule has 8 heteroatoms. The Labute approximate surface area is 172 Å². The zero-order valence-corrected chi connectivity index (χ0v) is 17.3. The maximum Gasteiger partial charge on any atom is 0.229 e. The van der Waals surface area contributed by atoms with Gasteiger partial charge in [0.1, 0.15) is 5.82 Å². The first kappa shape index (κ1) is 19.7. The summed E-state index contributed by atoms with van der Waals surface area (Å²) >= 11 is 0. The summed E-state index contributed by atoms with van der Waals surface area (Å²) in [5, 5.41) is 0. The highest BCUT2D eigenvalue weighted by Gasteiger charge is 2.28. The Morgan fingerprint density at radius 2 is 1.86 bits per heavy atom. The van der Waals surface area contributed by atoms with Crippen molar-refractivity contribution in [3.05, 3.63) is 66.3 Å². The average molecular weight is 415 g/mol. The normalized spacial score (nSPS) is 20.0. The number of nitrogens with one attached hydrogen (secondary N) is 1. The fourth-order valence-electron chi connectivity index (χ4n) is 3.98. The van der Waals surface area contributed by atoms with Crippen molar-refractivity contribution in [1.82, 2.24) is 14.7 Å². The standard InChI is InChI=1S/C21H26N4O3S/c1-29(27,28)22-19-7-5-17(6-8-19)21(26)18-9-12-23(13-10-18)16-25-15-14-24-11-3-2-4-20(24)25/h2-8,14-15,18,22H,9-13,16H2,1H3. The molecule has 7 nitrogen and oxygen atoms in total. The zero-order chi connectivity index (χ0) is 20.4. The van der Waals surface area contributed by atoms with Crippen molar-refractivity contribution < 1.29 is 13.2 Å². The largest absolute Gasteiger partial charge is 0.329 e. The second-order valence-corrected chi connectivity index (χ2v) is 9.47. The second-order valence-electron chi connectivity index (χ2n) is 7.72. The molecule has 0 spiro atoms. The molecular formula is C21H26N4O3S. The molecule has 0 saturated carbocycles. The zero-order valence-electron chi connectivity index (χ0n) is 16.5. The lowest BCUT2D eigenvalue weighted by Gasteiger charge is -2.35. The van der Waals surface area contributed by atoms with E-state index in [1.165, 1.54) is 5.82 Å². The van der Waals surface area contributed by atoms with Crippen molar-refractivity contribution in [2.24, 2.45) is 5.92 Å². The first-order chi connectivity index (χ1) is 13.9. The number of ketones is 1. The van der Waals surface area contributed by atoms with Crippen LogP contribution >= 0.6 is 0 Å². The summed E-state index contributed by atoms with van der Waals surface area (Å²) in [6.07, 6.45) is 13.4. The number of hydrogen-bond donors (Lipinski definition) is 1. The Hall–Kier alpha value is -2.58. The molecule has 3 aliphatic rings. The summed E-state index contributed by atoms with van der Waals surface area (Å²) < 4.78 is 25.0. The van der Waals surface area contributed by atoms with Crippen LogP contribution in [0.2, 0.25) is 0 Å². The summed E-state index contributed by atoms with van der Waals surface area (Å²) in [6.45, 7) is 3.52. The van der Waals surface area contributed by atoms with E-state index in [1.54, 1.807) is 24.3 Å². The van der Waals surface area contributed by atoms with Gasteiger partial charge in [0, 0.05) is 49.2 Å². The third-order valence-electron chi connectivity index (χ3n) is 5.48. The molecule has 0 aromatic heterocycles. The van der Waals surface area contributed by atoms with E-state index in [2.05, 4.69) is 50.0 Å². The quantitative estimate of drug-likeness (QED) is 0.721. The fourth-order valence-corrected chi connectivity index (χ4v) is 4.54. The van der Waals surface area contributed by atoms with Crippen LogP contribution < -0.4 is 4.72 Å². The molecule has 1 aromatic rings. The first-order valence-corrected chi connectivity index (χ1v) is 11.7. The molecular weight excluding hydrogens is 388 g/mol. The van der Waals surface area contributed by atoms with Gasteiger partial charge in [0.05, 0.1) is 12.9 Å². The van der Waals surface area contributed by atoms with Gasteiger partial charge in [0.25, 0.3) is 0 Å². The molecule has 0 amide bonds. The molecule has 4 rings (SSSR count). The summed E-state index contributed by atoms with van der Waals surface area (Å²) in [5.74, 6) is 1.36. The minimum absolute atomic E-state index is 0.0161. The van der Waals surface area contributed by atoms with Crippen LogP contribution in [0.25, 0.3) is 0 Å². The summed E-state index contributed by atoms with van der Waals surface area (Å²) in [5.41, 5.74) is 1.11. The number of likely N-dealkylation sites (tertiary alicyclic amines) is 1. The van der Waals surface area contributed by atoms with Crippen LogP contribution in [0.4, 0.5) is 5.69 Å². The molecule has 1 fully saturated rings. The van der Waals surface area contributed by atoms with E-state index >= 15 is 0 Å². The van der Waals surface area contributed by atoms with E-state index in [4.69, 9.17) is 0 Å². The highest BCUT2D eigenvalue weighted by Crippen LogP contribution is 2.26. The number of benzene rings is 1. The topological polar surface area (TPSA) is 73.0 Å². The molecule has 1 saturated heterocycles. The highest BCUT2D eigenvalue weighted by atomic mass is 32.2. The molecule has 1 N–H and O–H groups in total. The molecule has 0 aliphatic carbocycles. The molecule has 0 atom stereocenters. The number of allylic oxidation sites excluding steroid dienone is 2. The van der Waals surface area contributed by atoms with Crippen molar-refractivity contribution in [2.45, 2.75) is 12.8 Å². The molecule has 29 heavy (non-hydrogen) atoms. The number of carbonyl (C=O) groups excluding carboxylic acids is 1. The van der Waals surface area contributed by atoms with E-state index in [1.807, 2.05) is 0 Å². The van der Waals surface area contributed by atoms with Crippen LogP contribution in [-0.4, -0.2) is 61.5 Å². The number of nitrogens with zero attached hydrogens (tertiary/aromatic N) is 3. The number of hydrogen-bond acceptors (Lipinski definition) is 6. The number of fused-ring (bicyclic) bond motifs is 1. The lowest BCUT2D eigenvalue weighted by Crippen LogP contribution is -2.42. The van der Waals surface area contributed by atoms with Crippen molar-refractivity contribution in [1.29, 1.82) is 0 Å². The van der Waals surface area contributed by atoms with E-state index in [0.717, 1.165) is 45.4 Å². The van der Waals surface area contributed by atoms with Gasteiger partial charge in [-0.15, -0.1) is 0 Å². The van der Waals surface area contributed by atoms with Crippen molar-refractivity contribution >= 4 is 21.5 Å². The van der Waals surface area contributed by atoms with E-state index in [-0.39, 0.29) is 11.7 Å². The molecule has 3 heterocycles. The van der Waals surface area contributed by atoms with Gasteiger partial charge in [0.2, 0.25) is 10.0 Å². The number of sulfonamides is 1. The smallest absolute Gasteiger partial charge is 0.229 e. The SMILES string of the molecule is CS(=O)(=O)Nc1ccc(C(=O)C2CCN(CN3C=CN4CC=CC=C43)CC2)cc1. The maximum absolute atomic E-state index is 12.8. The Kier molecular flexibility index (Phi) is 5.47. The average Bonchev–Trinajstić information content (AvgIpc) is 3.10. The van der Waals surface area contributed by atoms with Gasteiger partial charge in [-0.1, -0.05) is 12.2 Å². The molecule has 1 aromatic carbocycles. The monoisotopic (exact) mass is 414 g/mol. The lowest BCUT2D eigenvalue weighted by molar-refractivity contribution is 0.0799. The van der Waals surface area contributed by atoms with Crippen LogP contribution in [0.1, 0.15) is 23.2 Å². The predicted octanol–water partition coefficient (Wildman–Crippen LogP) is 2.41. The van der Waals surface area contributed by atoms with Crippen molar-refractivity contribution in [3.8, 4) is 0 Å². The van der Waals surface area contributed by atoms with Gasteiger partial charge in [-0.3, -0.25) is 14.4 Å². The van der Waals surface area contributed by atoms with Gasteiger partial charge in [-0.2, -0.15) is 0 Å². The Morgan fingerprint density at radius 1 is 1.14 bits per heavy atom. The molecule has 0 unspecified atom stereocenters. The fraction of sp³-hybridized carbons (Fsp3) is 0.381. The minimum Gasteiger partial charge on any atom is -0.329 e. The summed E-state index contributed by atoms with van der Waals surface area (Å²) in [6, 6.07) is 6.69. The third kappa shape index (κ3) is 4.71. The first-order valence-electron chi connectivity index (χ1n) is 9.82. The van der Waals surface area contributed by atoms with Crippen LogP contribution in [-0.2, 0) is 10.0 Å². The van der Waals surface area contributed by atoms with Gasteiger partial charge >= 0.3 is 0 Å². The van der Waals surface area contributed by atoms with Gasteiger partial charge in [-0.05, 0) is 43.2 Å². The third-order valence-corrected chi connectivity index (χ3v) is 6.09.